The van der Waals surface area contributed by atoms with Crippen LogP contribution in [0.25, 0.3) is 11.5 Å². The normalized spacial score (nSPS) is 10.9. The van der Waals surface area contributed by atoms with Crippen molar-refractivity contribution in [2.75, 3.05) is 0 Å². The Morgan fingerprint density at radius 1 is 1.07 bits per heavy atom. The lowest BCUT2D eigenvalue weighted by atomic mass is 10.1. The summed E-state index contributed by atoms with van der Waals surface area (Å²) in [7, 11) is 0. The molecule has 1 aromatic carbocycles. The Kier molecular flexibility index (Phi) is 5.50. The number of benzene rings is 1. The highest BCUT2D eigenvalue weighted by atomic mass is 79.9. The highest BCUT2D eigenvalue weighted by molar-refractivity contribution is 9.10. The standard InChI is InChI=1S/C22H21BrN6O/c1-14-21(15(2)29(27-14)19-6-4-18(23)5-7-19)22(30)26-13-17-8-9-25-20(12-17)28-11-10-24-16(28)3/h4-12H,13H2,1-3H3,(H,26,30). The van der Waals surface area contributed by atoms with Crippen LogP contribution in [0.4, 0.5) is 0 Å². The highest BCUT2D eigenvalue weighted by Gasteiger charge is 2.19. The molecule has 0 bridgehead atoms. The fourth-order valence-electron chi connectivity index (χ4n) is 3.40. The molecule has 4 rings (SSSR count). The lowest BCUT2D eigenvalue weighted by Crippen LogP contribution is -2.24. The molecule has 0 saturated carbocycles. The summed E-state index contributed by atoms with van der Waals surface area (Å²) in [6.45, 7) is 6.07. The first-order valence-electron chi connectivity index (χ1n) is 9.49. The van der Waals surface area contributed by atoms with Gasteiger partial charge < -0.3 is 5.32 Å². The number of imidazole rings is 1. The van der Waals surface area contributed by atoms with Gasteiger partial charge in [-0.25, -0.2) is 14.6 Å². The van der Waals surface area contributed by atoms with Gasteiger partial charge in [-0.1, -0.05) is 15.9 Å². The third-order valence-corrected chi connectivity index (χ3v) is 5.45. The second-order valence-electron chi connectivity index (χ2n) is 6.98. The topological polar surface area (TPSA) is 77.6 Å². The first kappa shape index (κ1) is 20.0. The molecular formula is C22H21BrN6O. The molecule has 0 radical (unpaired) electrons. The smallest absolute Gasteiger partial charge is 0.255 e. The number of nitrogens with one attached hydrogen (secondary N) is 1. The Labute approximate surface area is 182 Å². The first-order valence-corrected chi connectivity index (χ1v) is 10.3. The lowest BCUT2D eigenvalue weighted by Gasteiger charge is -2.09. The molecule has 8 heteroatoms. The minimum absolute atomic E-state index is 0.148. The van der Waals surface area contributed by atoms with Gasteiger partial charge in [0.05, 0.1) is 22.6 Å². The molecule has 1 N–H and O–H groups in total. The van der Waals surface area contributed by atoms with Crippen molar-refractivity contribution < 1.29 is 4.79 Å². The van der Waals surface area contributed by atoms with Crippen LogP contribution in [-0.2, 0) is 6.54 Å². The van der Waals surface area contributed by atoms with Gasteiger partial charge in [0.1, 0.15) is 11.6 Å². The van der Waals surface area contributed by atoms with E-state index in [1.807, 2.05) is 67.9 Å². The monoisotopic (exact) mass is 464 g/mol. The average Bonchev–Trinajstić information content (AvgIpc) is 3.29. The van der Waals surface area contributed by atoms with Crippen molar-refractivity contribution in [2.45, 2.75) is 27.3 Å². The summed E-state index contributed by atoms with van der Waals surface area (Å²) in [6, 6.07) is 11.7. The third kappa shape index (κ3) is 3.91. The summed E-state index contributed by atoms with van der Waals surface area (Å²) in [5, 5.41) is 7.57. The molecular weight excluding hydrogens is 444 g/mol. The fraction of sp³-hybridized carbons (Fsp3) is 0.182. The van der Waals surface area contributed by atoms with Crippen molar-refractivity contribution in [3.63, 3.8) is 0 Å². The molecule has 0 aliphatic carbocycles. The zero-order chi connectivity index (χ0) is 21.3. The van der Waals surface area contributed by atoms with Crippen LogP contribution in [0.15, 0.2) is 59.5 Å². The Balaban J connectivity index is 1.53. The molecule has 4 aromatic rings. The second kappa shape index (κ2) is 8.23. The van der Waals surface area contributed by atoms with Crippen molar-refractivity contribution >= 4 is 21.8 Å². The zero-order valence-corrected chi connectivity index (χ0v) is 18.5. The second-order valence-corrected chi connectivity index (χ2v) is 7.90. The quantitative estimate of drug-likeness (QED) is 0.482. The van der Waals surface area contributed by atoms with E-state index in [2.05, 4.69) is 36.3 Å². The summed E-state index contributed by atoms with van der Waals surface area (Å²) < 4.78 is 4.69. The summed E-state index contributed by atoms with van der Waals surface area (Å²) in [6.07, 6.45) is 5.34. The Morgan fingerprint density at radius 2 is 1.83 bits per heavy atom. The van der Waals surface area contributed by atoms with Gasteiger partial charge in [-0.3, -0.25) is 9.36 Å². The van der Waals surface area contributed by atoms with Crippen molar-refractivity contribution in [2.24, 2.45) is 0 Å². The molecule has 152 valence electrons. The maximum absolute atomic E-state index is 12.9. The summed E-state index contributed by atoms with van der Waals surface area (Å²) >= 11 is 3.44. The van der Waals surface area contributed by atoms with Crippen LogP contribution in [-0.4, -0.2) is 30.2 Å². The minimum atomic E-state index is -0.148. The van der Waals surface area contributed by atoms with Gasteiger partial charge in [0.25, 0.3) is 5.91 Å². The van der Waals surface area contributed by atoms with Crippen LogP contribution >= 0.6 is 15.9 Å². The van der Waals surface area contributed by atoms with Gasteiger partial charge in [0.15, 0.2) is 0 Å². The SMILES string of the molecule is Cc1nn(-c2ccc(Br)cc2)c(C)c1C(=O)NCc1ccnc(-n2ccnc2C)c1. The van der Waals surface area contributed by atoms with Gasteiger partial charge in [0.2, 0.25) is 0 Å². The molecule has 1 amide bonds. The van der Waals surface area contributed by atoms with Gasteiger partial charge >= 0.3 is 0 Å². The maximum atomic E-state index is 12.9. The summed E-state index contributed by atoms with van der Waals surface area (Å²) in [5.74, 6) is 1.48. The minimum Gasteiger partial charge on any atom is -0.348 e. The van der Waals surface area contributed by atoms with Gasteiger partial charge in [-0.15, -0.1) is 0 Å². The van der Waals surface area contributed by atoms with Crippen molar-refractivity contribution in [1.29, 1.82) is 0 Å². The Morgan fingerprint density at radius 3 is 2.53 bits per heavy atom. The molecule has 0 unspecified atom stereocenters. The predicted octanol–water partition coefficient (Wildman–Crippen LogP) is 4.07. The van der Waals surface area contributed by atoms with Crippen molar-refractivity contribution in [3.8, 4) is 11.5 Å². The number of hydrogen-bond donors (Lipinski definition) is 1. The number of amides is 1. The van der Waals surface area contributed by atoms with E-state index in [0.717, 1.165) is 33.1 Å². The molecule has 0 fully saturated rings. The molecule has 0 aliphatic heterocycles. The van der Waals surface area contributed by atoms with Gasteiger partial charge in [0, 0.05) is 29.6 Å². The van der Waals surface area contributed by atoms with Crippen LogP contribution in [0.1, 0.15) is 33.1 Å². The van der Waals surface area contributed by atoms with Crippen LogP contribution in [0.5, 0.6) is 0 Å². The molecule has 0 spiro atoms. The van der Waals surface area contributed by atoms with Crippen LogP contribution < -0.4 is 5.32 Å². The number of hydrogen-bond acceptors (Lipinski definition) is 4. The first-order chi connectivity index (χ1) is 14.4. The van der Waals surface area contributed by atoms with E-state index in [1.165, 1.54) is 0 Å². The van der Waals surface area contributed by atoms with E-state index < -0.39 is 0 Å². The number of rotatable bonds is 5. The Hall–Kier alpha value is -3.26. The highest BCUT2D eigenvalue weighted by Crippen LogP contribution is 2.20. The summed E-state index contributed by atoms with van der Waals surface area (Å²) in [4.78, 5) is 21.5. The van der Waals surface area contributed by atoms with E-state index in [0.29, 0.717) is 17.8 Å². The van der Waals surface area contributed by atoms with E-state index in [1.54, 1.807) is 17.1 Å². The molecule has 30 heavy (non-hydrogen) atoms. The summed E-state index contributed by atoms with van der Waals surface area (Å²) in [5.41, 5.74) is 3.95. The number of carbonyl (C=O) groups is 1. The zero-order valence-electron chi connectivity index (χ0n) is 16.9. The van der Waals surface area contributed by atoms with E-state index in [9.17, 15) is 4.79 Å². The lowest BCUT2D eigenvalue weighted by molar-refractivity contribution is 0.0949. The predicted molar refractivity (Wildman–Crippen MR) is 118 cm³/mol. The number of carbonyl (C=O) groups excluding carboxylic acids is 1. The molecule has 3 aromatic heterocycles. The Bertz CT molecular complexity index is 1210. The van der Waals surface area contributed by atoms with Crippen molar-refractivity contribution in [1.82, 2.24) is 29.6 Å². The van der Waals surface area contributed by atoms with Crippen LogP contribution in [0.3, 0.4) is 0 Å². The third-order valence-electron chi connectivity index (χ3n) is 4.93. The van der Waals surface area contributed by atoms with Crippen LogP contribution in [0, 0.1) is 20.8 Å². The van der Waals surface area contributed by atoms with Crippen LogP contribution in [0.2, 0.25) is 0 Å². The number of halogens is 1. The van der Waals surface area contributed by atoms with Gasteiger partial charge in [-0.2, -0.15) is 5.10 Å². The van der Waals surface area contributed by atoms with E-state index in [-0.39, 0.29) is 5.91 Å². The molecule has 0 atom stereocenters. The molecule has 0 saturated heterocycles. The number of nitrogens with zero attached hydrogens (tertiary/aromatic N) is 5. The molecule has 3 heterocycles. The number of aryl methyl sites for hydroxylation is 2. The molecule has 7 nitrogen and oxygen atoms in total. The van der Waals surface area contributed by atoms with E-state index >= 15 is 0 Å². The van der Waals surface area contributed by atoms with E-state index in [4.69, 9.17) is 0 Å². The number of pyridine rings is 1. The average molecular weight is 465 g/mol. The molecule has 0 aliphatic rings. The van der Waals surface area contributed by atoms with Crippen molar-refractivity contribution in [3.05, 3.63) is 87.8 Å². The number of aromatic nitrogens is 5. The maximum Gasteiger partial charge on any atom is 0.255 e. The fourth-order valence-corrected chi connectivity index (χ4v) is 3.66. The largest absolute Gasteiger partial charge is 0.348 e. The van der Waals surface area contributed by atoms with Gasteiger partial charge in [-0.05, 0) is 62.7 Å².